The third-order valence-corrected chi connectivity index (χ3v) is 5.51. The fourth-order valence-electron chi connectivity index (χ4n) is 4.15. The van der Waals surface area contributed by atoms with Gasteiger partial charge in [0, 0.05) is 37.1 Å². The summed E-state index contributed by atoms with van der Waals surface area (Å²) < 4.78 is 5.57. The molecule has 5 rings (SSSR count). The van der Waals surface area contributed by atoms with Crippen molar-refractivity contribution in [2.75, 3.05) is 23.3 Å². The minimum absolute atomic E-state index is 0.0279. The van der Waals surface area contributed by atoms with Gasteiger partial charge in [-0.05, 0) is 51.8 Å². The maximum atomic E-state index is 12.6. The molecule has 0 radical (unpaired) electrons. The Morgan fingerprint density at radius 1 is 1.23 bits per heavy atom. The number of piperazine rings is 1. The van der Waals surface area contributed by atoms with Gasteiger partial charge in [0.2, 0.25) is 0 Å². The molecule has 0 spiro atoms. The van der Waals surface area contributed by atoms with E-state index in [1.54, 1.807) is 24.4 Å². The number of ether oxygens (including phenoxy) is 1. The van der Waals surface area contributed by atoms with Crippen LogP contribution in [0.15, 0.2) is 36.8 Å². The Labute approximate surface area is 180 Å². The van der Waals surface area contributed by atoms with E-state index in [1.807, 2.05) is 25.7 Å². The molecule has 10 heteroatoms. The molecule has 3 saturated heterocycles. The van der Waals surface area contributed by atoms with Crippen LogP contribution in [0.2, 0.25) is 0 Å². The largest absolute Gasteiger partial charge is 0.444 e. The third kappa shape index (κ3) is 4.52. The van der Waals surface area contributed by atoms with Crippen molar-refractivity contribution in [2.45, 2.75) is 51.3 Å². The van der Waals surface area contributed by atoms with Crippen molar-refractivity contribution < 1.29 is 14.5 Å². The zero-order valence-corrected chi connectivity index (χ0v) is 17.8. The van der Waals surface area contributed by atoms with Crippen LogP contribution >= 0.6 is 0 Å². The second-order valence-electron chi connectivity index (χ2n) is 8.85. The van der Waals surface area contributed by atoms with Gasteiger partial charge >= 0.3 is 6.09 Å². The summed E-state index contributed by atoms with van der Waals surface area (Å²) >= 11 is 0. The van der Waals surface area contributed by atoms with Crippen LogP contribution in [0.25, 0.3) is 0 Å². The smallest absolute Gasteiger partial charge is 0.410 e. The van der Waals surface area contributed by atoms with Crippen molar-refractivity contribution in [1.29, 1.82) is 0 Å². The predicted molar refractivity (Wildman–Crippen MR) is 116 cm³/mol. The molecule has 2 bridgehead atoms. The Hall–Kier alpha value is -3.43. The van der Waals surface area contributed by atoms with Crippen LogP contribution in [-0.2, 0) is 4.74 Å². The predicted octanol–water partition coefficient (Wildman–Crippen LogP) is 3.72. The number of fused-ring (bicyclic) bond motifs is 3. The van der Waals surface area contributed by atoms with E-state index in [4.69, 9.17) is 4.74 Å². The molecular weight excluding hydrogens is 400 g/mol. The zero-order chi connectivity index (χ0) is 22.2. The summed E-state index contributed by atoms with van der Waals surface area (Å²) in [5, 5.41) is 14.5. The number of carbonyl (C=O) groups excluding carboxylic acids is 1. The highest BCUT2D eigenvalue weighted by atomic mass is 16.6. The van der Waals surface area contributed by atoms with Crippen molar-refractivity contribution in [1.82, 2.24) is 14.9 Å². The number of nitro benzene ring substituents is 1. The number of carbonyl (C=O) groups is 1. The molecule has 2 aromatic rings. The number of benzene rings is 1. The maximum absolute atomic E-state index is 12.6. The molecule has 3 aliphatic heterocycles. The normalized spacial score (nSPS) is 20.5. The van der Waals surface area contributed by atoms with E-state index >= 15 is 0 Å². The molecule has 164 valence electrons. The number of aromatic nitrogens is 2. The van der Waals surface area contributed by atoms with Gasteiger partial charge in [-0.1, -0.05) is 0 Å². The highest BCUT2D eigenvalue weighted by molar-refractivity contribution is 5.74. The molecule has 0 unspecified atom stereocenters. The number of hydrogen-bond acceptors (Lipinski definition) is 8. The van der Waals surface area contributed by atoms with E-state index in [0.717, 1.165) is 18.5 Å². The van der Waals surface area contributed by atoms with Gasteiger partial charge < -0.3 is 19.9 Å². The van der Waals surface area contributed by atoms with Gasteiger partial charge in [-0.3, -0.25) is 10.1 Å². The van der Waals surface area contributed by atoms with Crippen molar-refractivity contribution in [3.63, 3.8) is 0 Å². The van der Waals surface area contributed by atoms with Crippen molar-refractivity contribution in [2.24, 2.45) is 0 Å². The number of nitrogens with zero attached hydrogens (tertiary/aromatic N) is 5. The lowest BCUT2D eigenvalue weighted by Gasteiger charge is -2.52. The molecule has 0 aliphatic carbocycles. The summed E-state index contributed by atoms with van der Waals surface area (Å²) in [6.07, 6.45) is 4.54. The molecule has 3 aliphatic rings. The summed E-state index contributed by atoms with van der Waals surface area (Å²) in [5.74, 6) is 0.478. The number of nitro groups is 1. The second-order valence-corrected chi connectivity index (χ2v) is 8.85. The maximum Gasteiger partial charge on any atom is 0.410 e. The summed E-state index contributed by atoms with van der Waals surface area (Å²) in [4.78, 5) is 35.7. The Kier molecular flexibility index (Phi) is 5.38. The van der Waals surface area contributed by atoms with Gasteiger partial charge in [0.25, 0.3) is 5.69 Å². The first-order valence-electron chi connectivity index (χ1n) is 10.3. The highest BCUT2D eigenvalue weighted by Gasteiger charge is 2.42. The van der Waals surface area contributed by atoms with Crippen molar-refractivity contribution in [3.05, 3.63) is 46.9 Å². The van der Waals surface area contributed by atoms with Gasteiger partial charge in [-0.25, -0.2) is 14.8 Å². The number of anilines is 3. The Morgan fingerprint density at radius 3 is 2.61 bits per heavy atom. The van der Waals surface area contributed by atoms with Crippen LogP contribution < -0.4 is 10.2 Å². The van der Waals surface area contributed by atoms with Gasteiger partial charge in [0.15, 0.2) is 0 Å². The first-order valence-corrected chi connectivity index (χ1v) is 10.3. The molecule has 4 heterocycles. The molecule has 1 amide bonds. The van der Waals surface area contributed by atoms with E-state index in [1.165, 1.54) is 12.4 Å². The first-order chi connectivity index (χ1) is 14.7. The lowest BCUT2D eigenvalue weighted by Crippen LogP contribution is -2.64. The average molecular weight is 426 g/mol. The van der Waals surface area contributed by atoms with E-state index in [0.29, 0.717) is 24.6 Å². The molecule has 1 N–H and O–H groups in total. The van der Waals surface area contributed by atoms with E-state index in [9.17, 15) is 14.9 Å². The van der Waals surface area contributed by atoms with Gasteiger partial charge in [-0.2, -0.15) is 0 Å². The number of rotatable bonds is 4. The Bertz CT molecular complexity index is 978. The number of amides is 1. The molecule has 1 aromatic carbocycles. The highest BCUT2D eigenvalue weighted by Crippen LogP contribution is 2.37. The Morgan fingerprint density at radius 2 is 2.00 bits per heavy atom. The SMILES string of the molecule is CC(C)(C)OC(=O)N1C[C@@H]2CC[C@H]1CN2c1ccc([N+](=O)[O-])c(Nc2ccncn2)c1. The van der Waals surface area contributed by atoms with E-state index < -0.39 is 10.5 Å². The molecule has 2 atom stereocenters. The van der Waals surface area contributed by atoms with Crippen LogP contribution in [0.3, 0.4) is 0 Å². The molecule has 31 heavy (non-hydrogen) atoms. The summed E-state index contributed by atoms with van der Waals surface area (Å²) in [7, 11) is 0. The van der Waals surface area contributed by atoms with Gasteiger partial charge in [-0.15, -0.1) is 0 Å². The minimum Gasteiger partial charge on any atom is -0.444 e. The molecule has 10 nitrogen and oxygen atoms in total. The quantitative estimate of drug-likeness (QED) is 0.581. The number of piperidine rings is 2. The zero-order valence-electron chi connectivity index (χ0n) is 17.8. The first kappa shape index (κ1) is 20.8. The third-order valence-electron chi connectivity index (χ3n) is 5.51. The number of nitrogens with one attached hydrogen (secondary N) is 1. The van der Waals surface area contributed by atoms with Crippen LogP contribution in [0.5, 0.6) is 0 Å². The van der Waals surface area contributed by atoms with Crippen LogP contribution in [0.4, 0.5) is 27.7 Å². The fraction of sp³-hybridized carbons (Fsp3) is 0.476. The van der Waals surface area contributed by atoms with Crippen molar-refractivity contribution >= 4 is 29.0 Å². The summed E-state index contributed by atoms with van der Waals surface area (Å²) in [5.41, 5.74) is 0.681. The lowest BCUT2D eigenvalue weighted by atomic mass is 9.90. The molecule has 0 saturated carbocycles. The van der Waals surface area contributed by atoms with Gasteiger partial charge in [0.05, 0.1) is 11.0 Å². The lowest BCUT2D eigenvalue weighted by molar-refractivity contribution is -0.383. The van der Waals surface area contributed by atoms with Crippen LogP contribution in [0.1, 0.15) is 33.6 Å². The van der Waals surface area contributed by atoms with Crippen LogP contribution in [-0.4, -0.2) is 56.7 Å². The standard InChI is InChI=1S/C21H26N6O4/c1-21(2,3)31-20(28)26-12-15-4-5-16(26)11-25(15)14-6-7-18(27(29)30)17(10-14)24-19-8-9-22-13-23-19/h6-10,13,15-16H,4-5,11-12H2,1-3H3,(H,22,23,24)/t15-,16-/m0/s1. The Balaban J connectivity index is 1.56. The topological polar surface area (TPSA) is 114 Å². The van der Waals surface area contributed by atoms with Gasteiger partial charge in [0.1, 0.15) is 23.4 Å². The summed E-state index contributed by atoms with van der Waals surface area (Å²) in [6, 6.07) is 6.88. The number of hydrogen-bond donors (Lipinski definition) is 1. The van der Waals surface area contributed by atoms with Crippen LogP contribution in [0, 0.1) is 10.1 Å². The average Bonchev–Trinajstić information content (AvgIpc) is 2.73. The minimum atomic E-state index is -0.534. The van der Waals surface area contributed by atoms with Crippen molar-refractivity contribution in [3.8, 4) is 0 Å². The van der Waals surface area contributed by atoms with E-state index in [2.05, 4.69) is 20.2 Å². The summed E-state index contributed by atoms with van der Waals surface area (Å²) in [6.45, 7) is 6.83. The fourth-order valence-corrected chi connectivity index (χ4v) is 4.15. The monoisotopic (exact) mass is 426 g/mol. The molecular formula is C21H26N6O4. The molecule has 1 aromatic heterocycles. The second kappa shape index (κ2) is 8.01. The molecule has 3 fully saturated rings. The van der Waals surface area contributed by atoms with E-state index in [-0.39, 0.29) is 23.9 Å².